The minimum Gasteiger partial charge on any atom is -0.459 e. The number of ketones is 3. The summed E-state index contributed by atoms with van der Waals surface area (Å²) in [5.41, 5.74) is 7.99. The molecule has 4 rings (SSSR count). The summed E-state index contributed by atoms with van der Waals surface area (Å²) in [6, 6.07) is -2.21. The standard InChI is InChI=1S/C62H101N3O19/c1-10-77-26-27-79-30-31-81-33-32-80-29-28-78-25-23-64-61(73)83-51-22-20-46(37-54(51)76-9)36-48(63)53-39-50(66)42(4)35-44(6)56(68)57(69)55(67)43(5)34-40(2)16-12-11-13-17-41(3)52(75-8)38-47-21-19-45(7)62(74,84-47)58(70)59(71)65-24-15-14-18-49(65)60(72)82-53/h11-13,16-17,35,40,42-43,45-49,51-54,56-57,68-69,74H,10,14-15,18-34,36-39,63H2,1-9H3,(H,64,73)/b13-11+,16-12+,41-17+,44-35+/t40-,42-,43?,45-,46+,47+,48-,49+,51-,52+,53+,54-,56-,57+,62-/m1/s1. The maximum atomic E-state index is 14.5. The number of piperidine rings is 1. The lowest BCUT2D eigenvalue weighted by Gasteiger charge is -2.42. The molecule has 3 fully saturated rings. The largest absolute Gasteiger partial charge is 0.459 e. The molecule has 0 aromatic rings. The zero-order valence-electron chi connectivity index (χ0n) is 51.4. The third kappa shape index (κ3) is 23.4. The molecule has 1 aliphatic carbocycles. The number of nitrogens with one attached hydrogen (secondary N) is 1. The highest BCUT2D eigenvalue weighted by molar-refractivity contribution is 6.39. The Bertz CT molecular complexity index is 2170. The number of nitrogens with zero attached hydrogens (tertiary/aromatic N) is 1. The Labute approximate surface area is 497 Å². The monoisotopic (exact) mass is 1190 g/mol. The molecule has 6 N–H and O–H groups in total. The van der Waals surface area contributed by atoms with Crippen molar-refractivity contribution in [3.63, 3.8) is 0 Å². The van der Waals surface area contributed by atoms with E-state index in [9.17, 15) is 44.1 Å². The number of esters is 1. The number of aliphatic hydroxyl groups is 3. The first-order chi connectivity index (χ1) is 40.1. The summed E-state index contributed by atoms with van der Waals surface area (Å²) in [5.74, 6) is -9.14. The van der Waals surface area contributed by atoms with Gasteiger partial charge in [-0.2, -0.15) is 0 Å². The molecule has 22 nitrogen and oxygen atoms in total. The van der Waals surface area contributed by atoms with Gasteiger partial charge in [-0.05, 0) is 108 Å². The number of carbonyl (C=O) groups excluding carboxylic acids is 6. The van der Waals surface area contributed by atoms with Gasteiger partial charge in [0, 0.05) is 70.6 Å². The van der Waals surface area contributed by atoms with Crippen LogP contribution in [0.5, 0.6) is 0 Å². The Morgan fingerprint density at radius 1 is 0.774 bits per heavy atom. The van der Waals surface area contributed by atoms with Crippen molar-refractivity contribution in [1.82, 2.24) is 10.2 Å². The van der Waals surface area contributed by atoms with Gasteiger partial charge in [0.25, 0.3) is 11.7 Å². The number of rotatable bonds is 22. The SMILES string of the molecule is CCOCCOCCOCCOCCOCCNC(=O)O[C@@H]1CC[C@@H](C[C@@H](N)[C@@H]2CC(=O)[C@H](C)/C=C(\C)[C@@H](O)[C@@H](O)C(=O)C(C)C[C@H](C)/C=C/C=C/C=C(\C)[C@@H](OC)C[C@@H]3CC[C@@H](C)[C@@](O)(O3)C(=O)C(=O)N3CCCC[C@H]3C(=O)O2)C[C@H]1OC. The second kappa shape index (κ2) is 38.1. The Morgan fingerprint density at radius 2 is 1.43 bits per heavy atom. The molecule has 0 radical (unpaired) electrons. The van der Waals surface area contributed by atoms with Gasteiger partial charge < -0.3 is 78.6 Å². The van der Waals surface area contributed by atoms with Gasteiger partial charge in [-0.1, -0.05) is 64.2 Å². The van der Waals surface area contributed by atoms with Crippen LogP contribution in [0.2, 0.25) is 0 Å². The Hall–Kier alpha value is -4.30. The summed E-state index contributed by atoms with van der Waals surface area (Å²) >= 11 is 0. The number of Topliss-reactive ketones (excluding diaryl/α,β-unsaturated/α-hetero) is 3. The van der Waals surface area contributed by atoms with Gasteiger partial charge >= 0.3 is 12.1 Å². The summed E-state index contributed by atoms with van der Waals surface area (Å²) < 4.78 is 57.0. The zero-order chi connectivity index (χ0) is 61.8. The number of alkyl carbamates (subject to hydrolysis) is 1. The van der Waals surface area contributed by atoms with Gasteiger partial charge in [0.2, 0.25) is 5.79 Å². The number of hydrogen-bond acceptors (Lipinski definition) is 20. The van der Waals surface area contributed by atoms with Crippen molar-refractivity contribution in [2.45, 2.75) is 186 Å². The highest BCUT2D eigenvalue weighted by Crippen LogP contribution is 2.37. The highest BCUT2D eigenvalue weighted by Gasteiger charge is 2.53. The quantitative estimate of drug-likeness (QED) is 0.0410. The second-order valence-electron chi connectivity index (χ2n) is 23.0. The van der Waals surface area contributed by atoms with Gasteiger partial charge in [0.15, 0.2) is 5.78 Å². The van der Waals surface area contributed by atoms with Crippen LogP contribution < -0.4 is 11.1 Å². The van der Waals surface area contributed by atoms with Gasteiger partial charge in [-0.15, -0.1) is 0 Å². The van der Waals surface area contributed by atoms with E-state index < -0.39 is 114 Å². The number of allylic oxidation sites excluding steroid dienone is 6. The Kier molecular flexibility index (Phi) is 32.7. The molecule has 3 heterocycles. The van der Waals surface area contributed by atoms with Crippen LogP contribution in [0.4, 0.5) is 4.79 Å². The maximum Gasteiger partial charge on any atom is 0.407 e. The third-order valence-corrected chi connectivity index (χ3v) is 16.4. The summed E-state index contributed by atoms with van der Waals surface area (Å²) in [6.07, 6.45) is 7.15. The number of nitrogens with two attached hydrogens (primary N) is 1. The number of aliphatic hydroxyl groups excluding tert-OH is 2. The number of methoxy groups -OCH3 is 2. The van der Waals surface area contributed by atoms with E-state index in [0.717, 1.165) is 10.5 Å². The summed E-state index contributed by atoms with van der Waals surface area (Å²) in [4.78, 5) is 85.0. The van der Waals surface area contributed by atoms with Crippen LogP contribution in [-0.2, 0) is 71.3 Å². The molecule has 4 aliphatic rings. The predicted octanol–water partition coefficient (Wildman–Crippen LogP) is 5.05. The summed E-state index contributed by atoms with van der Waals surface area (Å²) in [5, 5.41) is 37.1. The normalized spacial score (nSPS) is 33.8. The first kappa shape index (κ1) is 72.2. The smallest absolute Gasteiger partial charge is 0.407 e. The van der Waals surface area contributed by atoms with Crippen molar-refractivity contribution < 1.29 is 91.5 Å². The van der Waals surface area contributed by atoms with E-state index in [0.29, 0.717) is 111 Å². The van der Waals surface area contributed by atoms with E-state index in [1.807, 2.05) is 51.2 Å². The minimum absolute atomic E-state index is 0.0117. The average molecular weight is 1190 g/mol. The highest BCUT2D eigenvalue weighted by atomic mass is 16.6. The first-order valence-electron chi connectivity index (χ1n) is 30.4. The van der Waals surface area contributed by atoms with E-state index in [-0.39, 0.29) is 62.8 Å². The molecular formula is C62H101N3O19. The molecule has 0 spiro atoms. The number of amides is 2. The van der Waals surface area contributed by atoms with Crippen LogP contribution in [0, 0.1) is 29.6 Å². The zero-order valence-corrected chi connectivity index (χ0v) is 51.4. The number of hydrogen-bond donors (Lipinski definition) is 5. The molecular weight excluding hydrogens is 1090 g/mol. The minimum atomic E-state index is -2.49. The molecule has 3 aliphatic heterocycles. The molecule has 0 aromatic carbocycles. The molecule has 1 saturated carbocycles. The van der Waals surface area contributed by atoms with E-state index >= 15 is 0 Å². The fraction of sp³-hybridized carbons (Fsp3) is 0.774. The van der Waals surface area contributed by atoms with Gasteiger partial charge in [0.05, 0.1) is 77.8 Å². The predicted molar refractivity (Wildman–Crippen MR) is 311 cm³/mol. The number of cyclic esters (lactones) is 1. The number of fused-ring (bicyclic) bond motifs is 3. The van der Waals surface area contributed by atoms with E-state index in [1.54, 1.807) is 27.9 Å². The van der Waals surface area contributed by atoms with Crippen LogP contribution in [0.25, 0.3) is 0 Å². The van der Waals surface area contributed by atoms with E-state index in [4.69, 9.17) is 53.1 Å². The molecule has 2 bridgehead atoms. The van der Waals surface area contributed by atoms with Crippen molar-refractivity contribution in [3.05, 3.63) is 47.6 Å². The van der Waals surface area contributed by atoms with E-state index in [2.05, 4.69) is 5.32 Å². The van der Waals surface area contributed by atoms with Crippen LogP contribution in [-0.4, -0.2) is 210 Å². The topological polar surface area (TPSA) is 297 Å². The fourth-order valence-corrected chi connectivity index (χ4v) is 11.2. The lowest BCUT2D eigenvalue weighted by Crippen LogP contribution is -2.61. The Balaban J connectivity index is 1.47. The van der Waals surface area contributed by atoms with Crippen molar-refractivity contribution in [2.24, 2.45) is 35.3 Å². The summed E-state index contributed by atoms with van der Waals surface area (Å²) in [6.45, 7) is 16.8. The van der Waals surface area contributed by atoms with Crippen LogP contribution >= 0.6 is 0 Å². The second-order valence-corrected chi connectivity index (χ2v) is 23.0. The van der Waals surface area contributed by atoms with Crippen molar-refractivity contribution >= 4 is 35.3 Å². The van der Waals surface area contributed by atoms with Gasteiger partial charge in [-0.25, -0.2) is 9.59 Å². The molecule has 22 heteroatoms. The summed E-state index contributed by atoms with van der Waals surface area (Å²) in [7, 11) is 3.07. The number of ether oxygens (including phenoxy) is 10. The van der Waals surface area contributed by atoms with Gasteiger partial charge in [-0.3, -0.25) is 19.2 Å². The number of carbonyl (C=O) groups is 6. The molecule has 84 heavy (non-hydrogen) atoms. The third-order valence-electron chi connectivity index (χ3n) is 16.4. The van der Waals surface area contributed by atoms with Crippen molar-refractivity contribution in [1.29, 1.82) is 0 Å². The molecule has 15 atom stereocenters. The molecule has 1 unspecified atom stereocenters. The van der Waals surface area contributed by atoms with Gasteiger partial charge in [0.1, 0.15) is 36.2 Å². The molecule has 0 aromatic heterocycles. The van der Waals surface area contributed by atoms with Crippen LogP contribution in [0.3, 0.4) is 0 Å². The maximum absolute atomic E-state index is 14.5. The molecule has 478 valence electrons. The van der Waals surface area contributed by atoms with Crippen LogP contribution in [0.15, 0.2) is 47.6 Å². The average Bonchev–Trinajstić information content (AvgIpc) is 2.35. The van der Waals surface area contributed by atoms with E-state index in [1.165, 1.54) is 20.1 Å². The van der Waals surface area contributed by atoms with Crippen molar-refractivity contribution in [2.75, 3.05) is 93.4 Å². The molecule has 2 amide bonds. The lowest BCUT2D eigenvalue weighted by atomic mass is 9.80. The lowest BCUT2D eigenvalue weighted by molar-refractivity contribution is -0.265. The first-order valence-corrected chi connectivity index (χ1v) is 30.4. The van der Waals surface area contributed by atoms with Crippen LogP contribution in [0.1, 0.15) is 126 Å². The Morgan fingerprint density at radius 3 is 2.07 bits per heavy atom. The fourth-order valence-electron chi connectivity index (χ4n) is 11.2. The molecule has 2 saturated heterocycles. The van der Waals surface area contributed by atoms with Crippen molar-refractivity contribution in [3.8, 4) is 0 Å².